The van der Waals surface area contributed by atoms with Crippen molar-refractivity contribution in [1.29, 1.82) is 0 Å². The highest BCUT2D eigenvalue weighted by atomic mass is 35.5. The van der Waals surface area contributed by atoms with Crippen LogP contribution in [0.15, 0.2) is 47.8 Å². The summed E-state index contributed by atoms with van der Waals surface area (Å²) < 4.78 is 0. The van der Waals surface area contributed by atoms with Crippen LogP contribution in [0.5, 0.6) is 0 Å². The maximum atomic E-state index is 6.04. The molecule has 1 aromatic heterocycles. The van der Waals surface area contributed by atoms with Crippen LogP contribution in [0.25, 0.3) is 11.3 Å². The second-order valence-corrected chi connectivity index (χ2v) is 7.76. The number of anilines is 2. The molecule has 1 heterocycles. The van der Waals surface area contributed by atoms with Crippen LogP contribution in [0.4, 0.5) is 10.8 Å². The van der Waals surface area contributed by atoms with E-state index in [9.17, 15) is 0 Å². The second-order valence-electron chi connectivity index (χ2n) is 6.09. The van der Waals surface area contributed by atoms with Crippen molar-refractivity contribution < 1.29 is 0 Å². The van der Waals surface area contributed by atoms with E-state index in [1.807, 2.05) is 6.07 Å². The highest BCUT2D eigenvalue weighted by Gasteiger charge is 2.07. The number of hydrogen-bond donors (Lipinski definition) is 1. The fraction of sp³-hybridized carbons (Fsp3) is 0.211. The maximum absolute atomic E-state index is 6.04. The van der Waals surface area contributed by atoms with Crippen molar-refractivity contribution in [3.63, 3.8) is 0 Å². The van der Waals surface area contributed by atoms with E-state index in [1.165, 1.54) is 5.56 Å². The van der Waals surface area contributed by atoms with Crippen LogP contribution in [0.3, 0.4) is 0 Å². The van der Waals surface area contributed by atoms with E-state index >= 15 is 0 Å². The van der Waals surface area contributed by atoms with Crippen molar-refractivity contribution in [1.82, 2.24) is 4.98 Å². The molecule has 0 fully saturated rings. The lowest BCUT2D eigenvalue weighted by Crippen LogP contribution is -1.93. The summed E-state index contributed by atoms with van der Waals surface area (Å²) in [7, 11) is 0. The summed E-state index contributed by atoms with van der Waals surface area (Å²) in [4.78, 5) is 4.65. The summed E-state index contributed by atoms with van der Waals surface area (Å²) >= 11 is 13.5. The lowest BCUT2D eigenvalue weighted by Gasteiger charge is -2.05. The smallest absolute Gasteiger partial charge is 0.187 e. The number of benzene rings is 2. The van der Waals surface area contributed by atoms with Gasteiger partial charge in [-0.1, -0.05) is 61.3 Å². The van der Waals surface area contributed by atoms with E-state index in [2.05, 4.69) is 53.8 Å². The van der Waals surface area contributed by atoms with Crippen molar-refractivity contribution in [2.24, 2.45) is 5.92 Å². The molecule has 0 radical (unpaired) electrons. The Balaban J connectivity index is 1.74. The standard InChI is InChI=1S/C19H18Cl2N2S/c1-12(2)9-13-3-5-14(6-4-13)18-11-24-19(23-18)22-15-7-8-16(20)17(21)10-15/h3-8,10-12H,9H2,1-2H3,(H,22,23). The van der Waals surface area contributed by atoms with Crippen LogP contribution >= 0.6 is 34.5 Å². The Labute approximate surface area is 156 Å². The molecular weight excluding hydrogens is 359 g/mol. The van der Waals surface area contributed by atoms with E-state index in [-0.39, 0.29) is 0 Å². The first-order chi connectivity index (χ1) is 11.5. The quantitative estimate of drug-likeness (QED) is 0.515. The van der Waals surface area contributed by atoms with E-state index in [1.54, 1.807) is 23.5 Å². The first-order valence-electron chi connectivity index (χ1n) is 7.78. The molecular formula is C19H18Cl2N2S. The Morgan fingerprint density at radius 2 is 1.79 bits per heavy atom. The minimum Gasteiger partial charge on any atom is -0.331 e. The zero-order valence-corrected chi connectivity index (χ0v) is 15.8. The minimum atomic E-state index is 0.527. The zero-order chi connectivity index (χ0) is 17.1. The Morgan fingerprint density at radius 1 is 1.04 bits per heavy atom. The third kappa shape index (κ3) is 4.29. The molecule has 124 valence electrons. The van der Waals surface area contributed by atoms with E-state index in [4.69, 9.17) is 23.2 Å². The largest absolute Gasteiger partial charge is 0.331 e. The predicted molar refractivity (Wildman–Crippen MR) is 106 cm³/mol. The molecule has 3 aromatic rings. The van der Waals surface area contributed by atoms with Gasteiger partial charge < -0.3 is 5.32 Å². The maximum Gasteiger partial charge on any atom is 0.187 e. The van der Waals surface area contributed by atoms with Crippen molar-refractivity contribution >= 4 is 45.4 Å². The first kappa shape index (κ1) is 17.3. The topological polar surface area (TPSA) is 24.9 Å². The number of hydrogen-bond acceptors (Lipinski definition) is 3. The summed E-state index contributed by atoms with van der Waals surface area (Å²) in [5.74, 6) is 0.664. The lowest BCUT2D eigenvalue weighted by atomic mass is 10.0. The number of nitrogens with zero attached hydrogens (tertiary/aromatic N) is 1. The number of aromatic nitrogens is 1. The second kappa shape index (κ2) is 7.56. The van der Waals surface area contributed by atoms with Gasteiger partial charge in [-0.05, 0) is 36.1 Å². The van der Waals surface area contributed by atoms with Gasteiger partial charge in [0.15, 0.2) is 5.13 Å². The molecule has 0 atom stereocenters. The van der Waals surface area contributed by atoms with Crippen LogP contribution in [0.1, 0.15) is 19.4 Å². The van der Waals surface area contributed by atoms with Gasteiger partial charge in [0.1, 0.15) is 0 Å². The molecule has 24 heavy (non-hydrogen) atoms. The van der Waals surface area contributed by atoms with Gasteiger partial charge in [-0.2, -0.15) is 0 Å². The monoisotopic (exact) mass is 376 g/mol. The highest BCUT2D eigenvalue weighted by Crippen LogP contribution is 2.30. The average Bonchev–Trinajstić information content (AvgIpc) is 3.00. The molecule has 0 saturated heterocycles. The van der Waals surface area contributed by atoms with Gasteiger partial charge in [0.05, 0.1) is 15.7 Å². The Kier molecular flexibility index (Phi) is 5.44. The van der Waals surface area contributed by atoms with Crippen molar-refractivity contribution in [2.75, 3.05) is 5.32 Å². The molecule has 3 rings (SSSR count). The highest BCUT2D eigenvalue weighted by molar-refractivity contribution is 7.14. The van der Waals surface area contributed by atoms with Gasteiger partial charge in [0.2, 0.25) is 0 Å². The van der Waals surface area contributed by atoms with E-state index in [0.717, 1.165) is 28.5 Å². The van der Waals surface area contributed by atoms with Gasteiger partial charge in [-0.25, -0.2) is 4.98 Å². The third-order valence-corrected chi connectivity index (χ3v) is 5.07. The number of halogens is 2. The third-order valence-electron chi connectivity index (χ3n) is 3.57. The molecule has 1 N–H and O–H groups in total. The molecule has 5 heteroatoms. The lowest BCUT2D eigenvalue weighted by molar-refractivity contribution is 0.647. The Morgan fingerprint density at radius 3 is 2.46 bits per heavy atom. The molecule has 0 aliphatic carbocycles. The van der Waals surface area contributed by atoms with Gasteiger partial charge >= 0.3 is 0 Å². The van der Waals surface area contributed by atoms with Crippen molar-refractivity contribution in [3.05, 3.63) is 63.5 Å². The van der Waals surface area contributed by atoms with Gasteiger partial charge in [-0.3, -0.25) is 0 Å². The van der Waals surface area contributed by atoms with Gasteiger partial charge in [0, 0.05) is 16.6 Å². The molecule has 0 spiro atoms. The predicted octanol–water partition coefficient (Wildman–Crippen LogP) is 7.06. The molecule has 0 bridgehead atoms. The molecule has 2 aromatic carbocycles. The van der Waals surface area contributed by atoms with Crippen LogP contribution < -0.4 is 5.32 Å². The van der Waals surface area contributed by atoms with Gasteiger partial charge in [0.25, 0.3) is 0 Å². The average molecular weight is 377 g/mol. The molecule has 0 amide bonds. The fourth-order valence-electron chi connectivity index (χ4n) is 2.44. The van der Waals surface area contributed by atoms with E-state index in [0.29, 0.717) is 16.0 Å². The Bertz CT molecular complexity index is 826. The molecule has 0 aliphatic heterocycles. The normalized spacial score (nSPS) is 11.0. The van der Waals surface area contributed by atoms with E-state index < -0.39 is 0 Å². The van der Waals surface area contributed by atoms with Crippen molar-refractivity contribution in [2.45, 2.75) is 20.3 Å². The molecule has 0 aliphatic rings. The Hall–Kier alpha value is -1.55. The molecule has 2 nitrogen and oxygen atoms in total. The number of rotatable bonds is 5. The van der Waals surface area contributed by atoms with Crippen LogP contribution in [0.2, 0.25) is 10.0 Å². The summed E-state index contributed by atoms with van der Waals surface area (Å²) in [5, 5.41) is 7.22. The summed E-state index contributed by atoms with van der Waals surface area (Å²) in [6.45, 7) is 4.46. The number of thiazole rings is 1. The summed E-state index contributed by atoms with van der Waals surface area (Å²) in [6.07, 6.45) is 1.10. The van der Waals surface area contributed by atoms with Crippen LogP contribution in [-0.4, -0.2) is 4.98 Å². The van der Waals surface area contributed by atoms with Crippen molar-refractivity contribution in [3.8, 4) is 11.3 Å². The van der Waals surface area contributed by atoms with Crippen LogP contribution in [-0.2, 0) is 6.42 Å². The molecule has 0 unspecified atom stereocenters. The van der Waals surface area contributed by atoms with Crippen LogP contribution in [0, 0.1) is 5.92 Å². The minimum absolute atomic E-state index is 0.527. The van der Waals surface area contributed by atoms with Gasteiger partial charge in [-0.15, -0.1) is 11.3 Å². The first-order valence-corrected chi connectivity index (χ1v) is 9.42. The fourth-order valence-corrected chi connectivity index (χ4v) is 3.48. The SMILES string of the molecule is CC(C)Cc1ccc(-c2csc(Nc3ccc(Cl)c(Cl)c3)n2)cc1. The summed E-state index contributed by atoms with van der Waals surface area (Å²) in [6, 6.07) is 14.1. The summed E-state index contributed by atoms with van der Waals surface area (Å²) in [5.41, 5.74) is 4.33. The zero-order valence-electron chi connectivity index (χ0n) is 13.5. The molecule has 0 saturated carbocycles. The number of nitrogens with one attached hydrogen (secondary N) is 1.